The lowest BCUT2D eigenvalue weighted by atomic mass is 9.79. The van der Waals surface area contributed by atoms with Gasteiger partial charge in [-0.25, -0.2) is 4.99 Å². The lowest BCUT2D eigenvalue weighted by Gasteiger charge is -2.24. The normalized spacial score (nSPS) is 13.4. The van der Waals surface area contributed by atoms with E-state index in [1.54, 1.807) is 6.08 Å². The van der Waals surface area contributed by atoms with E-state index in [1.165, 1.54) is 49.7 Å². The molecule has 8 rings (SSSR count). The number of benzene rings is 6. The van der Waals surface area contributed by atoms with Crippen molar-refractivity contribution in [2.24, 2.45) is 15.7 Å². The van der Waals surface area contributed by atoms with E-state index in [0.717, 1.165) is 88.4 Å². The molecule has 7 aromatic rings. The number of aliphatic imine (C=N–C) groups is 2. The van der Waals surface area contributed by atoms with Crippen molar-refractivity contribution < 1.29 is 5.11 Å². The number of aliphatic hydroxyl groups excluding tert-OH is 1. The van der Waals surface area contributed by atoms with E-state index in [1.807, 2.05) is 34.6 Å². The first-order valence-corrected chi connectivity index (χ1v) is 23.6. The van der Waals surface area contributed by atoms with Gasteiger partial charge < -0.3 is 15.4 Å². The van der Waals surface area contributed by atoms with E-state index >= 15 is 0 Å². The van der Waals surface area contributed by atoms with Crippen LogP contribution in [0, 0.1) is 55.4 Å². The zero-order valence-corrected chi connectivity index (χ0v) is 42.3. The van der Waals surface area contributed by atoms with E-state index in [9.17, 15) is 5.11 Å². The summed E-state index contributed by atoms with van der Waals surface area (Å²) in [6, 6.07) is 26.2. The molecule has 334 valence electrons. The fourth-order valence-corrected chi connectivity index (χ4v) is 10.8. The van der Waals surface area contributed by atoms with E-state index in [0.29, 0.717) is 34.6 Å². The number of rotatable bonds is 8. The molecule has 0 unspecified atom stereocenters. The summed E-state index contributed by atoms with van der Waals surface area (Å²) in [4.78, 5) is 11.3. The smallest absolute Gasteiger partial charge is 0.157 e. The van der Waals surface area contributed by atoms with E-state index in [4.69, 9.17) is 44.0 Å². The molecule has 0 amide bonds. The minimum absolute atomic E-state index is 0.231. The van der Waals surface area contributed by atoms with Gasteiger partial charge in [0.2, 0.25) is 0 Å². The third-order valence-corrected chi connectivity index (χ3v) is 15.5. The Morgan fingerprint density at radius 2 is 1.31 bits per heavy atom. The molecule has 6 aromatic carbocycles. The lowest BCUT2D eigenvalue weighted by molar-refractivity contribution is 0.421. The maximum atomic E-state index is 10.8. The molecule has 0 atom stereocenters. The van der Waals surface area contributed by atoms with Crippen molar-refractivity contribution in [1.82, 2.24) is 4.57 Å². The summed E-state index contributed by atoms with van der Waals surface area (Å²) < 4.78 is 2.47. The van der Waals surface area contributed by atoms with Gasteiger partial charge in [-0.3, -0.25) is 4.99 Å². The van der Waals surface area contributed by atoms with E-state index in [2.05, 4.69) is 133 Å². The average Bonchev–Trinajstić information content (AvgIpc) is 3.88. The first-order valence-electron chi connectivity index (χ1n) is 23.1. The Bertz CT molecular complexity index is 3380. The highest BCUT2D eigenvalue weighted by Gasteiger charge is 2.34. The second-order valence-electron chi connectivity index (χ2n) is 18.6. The van der Waals surface area contributed by atoms with Crippen LogP contribution >= 0.6 is 12.6 Å². The topological polar surface area (TPSA) is 75.9 Å². The first-order chi connectivity index (χ1) is 31.8. The second kappa shape index (κ2) is 18.1. The highest BCUT2D eigenvalue weighted by Crippen LogP contribution is 2.50. The molecule has 3 N–H and O–H groups in total. The van der Waals surface area contributed by atoms with Crippen molar-refractivity contribution in [3.8, 4) is 27.9 Å². The largest absolute Gasteiger partial charge is 0.508 e. The van der Waals surface area contributed by atoms with Crippen molar-refractivity contribution >= 4 is 72.7 Å². The number of aromatic nitrogens is 1. The SMILES string of the molecule is [B]c1c(C)c(C)c(C)c(C(N)=NC(=NCC(=C(C)C)/C(C)=C(C)\C(O)=C\C)c2c([B])c(C)c3c(c2S)Cc2c(C)c(C)c(C)c(-n4c5ccccc5c5cc(-c6ccccc6)ccc54)c2-3)c1C. The molecule has 0 spiro atoms. The Morgan fingerprint density at radius 3 is 1.99 bits per heavy atom. The van der Waals surface area contributed by atoms with Crippen LogP contribution in [0.5, 0.6) is 0 Å². The van der Waals surface area contributed by atoms with Crippen LogP contribution in [0.2, 0.25) is 0 Å². The molecule has 1 aliphatic rings. The highest BCUT2D eigenvalue weighted by atomic mass is 32.1. The third kappa shape index (κ3) is 7.71. The van der Waals surface area contributed by atoms with Crippen molar-refractivity contribution in [3.63, 3.8) is 0 Å². The molecule has 1 aliphatic carbocycles. The number of amidine groups is 2. The number of allylic oxidation sites excluding steroid dienone is 3. The number of thiol groups is 1. The molecular formula is C59H60B2N4OS. The van der Waals surface area contributed by atoms with Gasteiger partial charge in [0.05, 0.1) is 23.3 Å². The minimum atomic E-state index is 0.231. The molecule has 1 aromatic heterocycles. The third-order valence-electron chi connectivity index (χ3n) is 15.0. The number of nitrogens with two attached hydrogens (primary N) is 1. The van der Waals surface area contributed by atoms with Gasteiger partial charge in [0.1, 0.15) is 27.3 Å². The van der Waals surface area contributed by atoms with Gasteiger partial charge in [-0.05, 0) is 198 Å². The van der Waals surface area contributed by atoms with Crippen LogP contribution < -0.4 is 16.7 Å². The zero-order valence-electron chi connectivity index (χ0n) is 41.4. The Balaban J connectivity index is 1.40. The van der Waals surface area contributed by atoms with Crippen molar-refractivity contribution in [2.75, 3.05) is 6.54 Å². The molecular weight excluding hydrogens is 834 g/mol. The number of nitrogens with zero attached hydrogens (tertiary/aromatic N) is 3. The van der Waals surface area contributed by atoms with Gasteiger partial charge in [-0.15, -0.1) is 12.6 Å². The Morgan fingerprint density at radius 1 is 0.672 bits per heavy atom. The van der Waals surface area contributed by atoms with Gasteiger partial charge >= 0.3 is 0 Å². The fourth-order valence-electron chi connectivity index (χ4n) is 10.4. The minimum Gasteiger partial charge on any atom is -0.508 e. The maximum absolute atomic E-state index is 10.8. The summed E-state index contributed by atoms with van der Waals surface area (Å²) in [5, 5.41) is 13.2. The Labute approximate surface area is 405 Å². The van der Waals surface area contributed by atoms with Crippen molar-refractivity contribution in [2.45, 2.75) is 101 Å². The Hall–Kier alpha value is -6.24. The van der Waals surface area contributed by atoms with Crippen LogP contribution in [0.4, 0.5) is 0 Å². The molecule has 1 heterocycles. The number of aliphatic hydroxyl groups is 1. The van der Waals surface area contributed by atoms with Crippen LogP contribution in [0.15, 0.2) is 122 Å². The molecule has 0 saturated carbocycles. The molecule has 0 saturated heterocycles. The summed E-state index contributed by atoms with van der Waals surface area (Å²) in [7, 11) is 14.2. The fraction of sp³-hybridized carbons (Fsp3) is 0.254. The zero-order chi connectivity index (χ0) is 48.5. The molecule has 8 heteroatoms. The van der Waals surface area contributed by atoms with Crippen LogP contribution in [-0.2, 0) is 6.42 Å². The van der Waals surface area contributed by atoms with Gasteiger partial charge in [0, 0.05) is 38.8 Å². The monoisotopic (exact) mass is 894 g/mol. The highest BCUT2D eigenvalue weighted by molar-refractivity contribution is 7.80. The van der Waals surface area contributed by atoms with Gasteiger partial charge in [-0.1, -0.05) is 76.7 Å². The number of hydrogen-bond acceptors (Lipinski definition) is 3. The van der Waals surface area contributed by atoms with Crippen LogP contribution in [-0.4, -0.2) is 43.6 Å². The number of para-hydroxylation sites is 1. The van der Waals surface area contributed by atoms with Crippen molar-refractivity contribution in [3.05, 3.63) is 174 Å². The molecule has 67 heavy (non-hydrogen) atoms. The van der Waals surface area contributed by atoms with Gasteiger partial charge in [0.25, 0.3) is 0 Å². The molecule has 0 fully saturated rings. The van der Waals surface area contributed by atoms with Gasteiger partial charge in [0.15, 0.2) is 5.84 Å². The number of fused-ring (bicyclic) bond motifs is 6. The predicted octanol–water partition coefficient (Wildman–Crippen LogP) is 12.7. The summed E-state index contributed by atoms with van der Waals surface area (Å²) in [5.74, 6) is 0.921. The summed E-state index contributed by atoms with van der Waals surface area (Å²) >= 11 is 5.46. The summed E-state index contributed by atoms with van der Waals surface area (Å²) in [5.41, 5.74) is 32.7. The van der Waals surface area contributed by atoms with Crippen LogP contribution in [0.1, 0.15) is 101 Å². The summed E-state index contributed by atoms with van der Waals surface area (Å²) in [6.07, 6.45) is 2.37. The van der Waals surface area contributed by atoms with Crippen LogP contribution in [0.25, 0.3) is 49.7 Å². The maximum Gasteiger partial charge on any atom is 0.157 e. The molecule has 0 aliphatic heterocycles. The quantitative estimate of drug-likeness (QED) is 0.0355. The predicted molar refractivity (Wildman–Crippen MR) is 292 cm³/mol. The Kier molecular flexibility index (Phi) is 12.8. The second-order valence-corrected chi connectivity index (χ2v) is 19.1. The lowest BCUT2D eigenvalue weighted by Crippen LogP contribution is -2.28. The van der Waals surface area contributed by atoms with E-state index < -0.39 is 0 Å². The standard InChI is InChI=1S/C59H60B2N4OS/c1-14-49(66)34(8)33(7)46(29(2)3)28-63-59(64-58(62)50-35(9)31(5)36(10)54(60)38(50)12)53-55(61)39(13)51-45(57(53)67)27-43-32(6)30(4)37(11)56(52(43)51)65-47-23-19-18-22-42(47)44-26-41(24-25-48(44)65)40-20-16-15-17-21-40/h14-26,66-67H,27-28H2,1-13H3,(H2,62,63,64)/b34-33-,49-14-. The number of hydrogen-bond donors (Lipinski definition) is 3. The first kappa shape index (κ1) is 47.3. The van der Waals surface area contributed by atoms with Crippen LogP contribution in [0.3, 0.4) is 0 Å². The van der Waals surface area contributed by atoms with Gasteiger partial charge in [-0.2, -0.15) is 0 Å². The summed E-state index contributed by atoms with van der Waals surface area (Å²) in [6.45, 7) is 27.2. The van der Waals surface area contributed by atoms with Crippen molar-refractivity contribution in [1.29, 1.82) is 0 Å². The van der Waals surface area contributed by atoms with E-state index in [-0.39, 0.29) is 12.3 Å². The average molecular weight is 895 g/mol. The molecule has 4 radical (unpaired) electrons. The molecule has 0 bridgehead atoms. The molecule has 5 nitrogen and oxygen atoms in total.